The van der Waals surface area contributed by atoms with Crippen LogP contribution in [0.1, 0.15) is 6.92 Å². The predicted molar refractivity (Wildman–Crippen MR) is 47.2 cm³/mol. The van der Waals surface area contributed by atoms with Gasteiger partial charge in [0.15, 0.2) is 0 Å². The summed E-state index contributed by atoms with van der Waals surface area (Å²) in [6.07, 6.45) is -8.93. The molecule has 1 aliphatic rings. The summed E-state index contributed by atoms with van der Waals surface area (Å²) in [6, 6.07) is 0. The van der Waals surface area contributed by atoms with Gasteiger partial charge in [-0.1, -0.05) is 6.92 Å². The van der Waals surface area contributed by atoms with E-state index in [9.17, 15) is 28.2 Å². The van der Waals surface area contributed by atoms with Crippen LogP contribution in [0.5, 0.6) is 0 Å². The molecule has 0 saturated carbocycles. The first-order chi connectivity index (χ1) is 7.23. The highest BCUT2D eigenvalue weighted by atomic mass is 19.4. The second kappa shape index (κ2) is 4.56. The summed E-state index contributed by atoms with van der Waals surface area (Å²) in [5, 5.41) is 22.9. The number of halogens is 3. The summed E-state index contributed by atoms with van der Waals surface area (Å²) in [6.45, 7) is 1.84. The molecule has 0 bridgehead atoms. The molecule has 0 aliphatic carbocycles. The summed E-state index contributed by atoms with van der Waals surface area (Å²) in [4.78, 5) is 10.6. The van der Waals surface area contributed by atoms with Crippen molar-refractivity contribution in [3.63, 3.8) is 0 Å². The molecule has 0 spiro atoms. The van der Waals surface area contributed by atoms with E-state index in [1.54, 1.807) is 12.2 Å². The standard InChI is InChI=1S/C8H13F3N2O3/c1-3-2-12-6(5(15)4(3)14)13-7(16)8(9,10)11/h3-6,12,14-15H,2H2,1H3,(H,13,16). The van der Waals surface area contributed by atoms with Gasteiger partial charge in [-0.05, 0) is 5.92 Å². The lowest BCUT2D eigenvalue weighted by atomic mass is 9.93. The topological polar surface area (TPSA) is 81.6 Å². The fourth-order valence-electron chi connectivity index (χ4n) is 1.45. The largest absolute Gasteiger partial charge is 0.471 e. The molecule has 94 valence electrons. The molecule has 1 heterocycles. The summed E-state index contributed by atoms with van der Waals surface area (Å²) < 4.78 is 35.8. The molecule has 4 unspecified atom stereocenters. The number of aliphatic hydroxyl groups excluding tert-OH is 2. The molecule has 0 aromatic carbocycles. The number of nitrogens with one attached hydrogen (secondary N) is 2. The molecule has 0 aromatic rings. The Morgan fingerprint density at radius 1 is 1.38 bits per heavy atom. The number of hydrogen-bond acceptors (Lipinski definition) is 4. The van der Waals surface area contributed by atoms with Crippen LogP contribution in [-0.4, -0.2) is 47.2 Å². The molecule has 1 amide bonds. The van der Waals surface area contributed by atoms with Crippen LogP contribution >= 0.6 is 0 Å². The number of alkyl halides is 3. The van der Waals surface area contributed by atoms with E-state index < -0.39 is 30.5 Å². The van der Waals surface area contributed by atoms with Crippen LogP contribution in [0, 0.1) is 5.92 Å². The molecule has 4 N–H and O–H groups in total. The molecule has 4 atom stereocenters. The van der Waals surface area contributed by atoms with E-state index in [0.29, 0.717) is 0 Å². The molecule has 8 heteroatoms. The summed E-state index contributed by atoms with van der Waals surface area (Å²) in [7, 11) is 0. The van der Waals surface area contributed by atoms with E-state index in [0.717, 1.165) is 0 Å². The first-order valence-electron chi connectivity index (χ1n) is 4.70. The zero-order valence-corrected chi connectivity index (χ0v) is 8.45. The van der Waals surface area contributed by atoms with E-state index in [1.807, 2.05) is 0 Å². The minimum absolute atomic E-state index is 0.209. The second-order valence-corrected chi connectivity index (χ2v) is 3.82. The smallest absolute Gasteiger partial charge is 0.390 e. The maximum Gasteiger partial charge on any atom is 0.471 e. The van der Waals surface area contributed by atoms with Crippen molar-refractivity contribution in [2.75, 3.05) is 6.54 Å². The number of amides is 1. The number of aliphatic hydroxyl groups is 2. The normalized spacial score (nSPS) is 35.9. The van der Waals surface area contributed by atoms with Crippen molar-refractivity contribution < 1.29 is 28.2 Å². The average molecular weight is 242 g/mol. The van der Waals surface area contributed by atoms with E-state index in [1.165, 1.54) is 0 Å². The molecule has 1 saturated heterocycles. The van der Waals surface area contributed by atoms with Gasteiger partial charge in [-0.3, -0.25) is 10.1 Å². The van der Waals surface area contributed by atoms with Crippen LogP contribution in [0.4, 0.5) is 13.2 Å². The minimum atomic E-state index is -5.00. The van der Waals surface area contributed by atoms with Crippen LogP contribution in [0.15, 0.2) is 0 Å². The maximum absolute atomic E-state index is 11.9. The summed E-state index contributed by atoms with van der Waals surface area (Å²) in [5.41, 5.74) is 0. The van der Waals surface area contributed by atoms with E-state index in [-0.39, 0.29) is 12.5 Å². The highest BCUT2D eigenvalue weighted by molar-refractivity contribution is 5.81. The highest BCUT2D eigenvalue weighted by Crippen LogP contribution is 2.17. The number of hydrogen-bond donors (Lipinski definition) is 4. The first-order valence-corrected chi connectivity index (χ1v) is 4.70. The van der Waals surface area contributed by atoms with Crippen molar-refractivity contribution in [3.8, 4) is 0 Å². The number of piperidine rings is 1. The maximum atomic E-state index is 11.9. The SMILES string of the molecule is CC1CNC(NC(=O)C(F)(F)F)C(O)C1O. The van der Waals surface area contributed by atoms with Gasteiger partial charge in [-0.2, -0.15) is 13.2 Å². The number of rotatable bonds is 1. The van der Waals surface area contributed by atoms with Crippen LogP contribution < -0.4 is 10.6 Å². The molecule has 1 rings (SSSR count). The lowest BCUT2D eigenvalue weighted by Gasteiger charge is -2.37. The molecule has 1 aliphatic heterocycles. The molecular weight excluding hydrogens is 229 g/mol. The Labute approximate surface area is 89.6 Å². The predicted octanol–water partition coefficient (Wildman–Crippen LogP) is -1.05. The number of carbonyl (C=O) groups is 1. The van der Waals surface area contributed by atoms with Gasteiger partial charge in [0.05, 0.1) is 6.10 Å². The van der Waals surface area contributed by atoms with Crippen LogP contribution in [0.2, 0.25) is 0 Å². The quantitative estimate of drug-likeness (QED) is 0.473. The van der Waals surface area contributed by atoms with Gasteiger partial charge < -0.3 is 15.5 Å². The van der Waals surface area contributed by atoms with Gasteiger partial charge >= 0.3 is 12.1 Å². The van der Waals surface area contributed by atoms with Gasteiger partial charge in [0.25, 0.3) is 0 Å². The Kier molecular flexibility index (Phi) is 3.76. The Balaban J connectivity index is 2.59. The van der Waals surface area contributed by atoms with Crippen molar-refractivity contribution in [3.05, 3.63) is 0 Å². The Morgan fingerprint density at radius 3 is 2.44 bits per heavy atom. The zero-order chi connectivity index (χ0) is 12.5. The second-order valence-electron chi connectivity index (χ2n) is 3.82. The molecule has 1 fully saturated rings. The van der Waals surface area contributed by atoms with Gasteiger partial charge in [0.1, 0.15) is 12.3 Å². The van der Waals surface area contributed by atoms with Gasteiger partial charge in [0, 0.05) is 6.54 Å². The molecule has 16 heavy (non-hydrogen) atoms. The third-order valence-electron chi connectivity index (χ3n) is 2.48. The van der Waals surface area contributed by atoms with Crippen LogP contribution in [-0.2, 0) is 4.79 Å². The fourth-order valence-corrected chi connectivity index (χ4v) is 1.45. The Hall–Kier alpha value is -0.860. The van der Waals surface area contributed by atoms with Crippen molar-refractivity contribution in [2.45, 2.75) is 31.5 Å². The van der Waals surface area contributed by atoms with Gasteiger partial charge in [-0.15, -0.1) is 0 Å². The summed E-state index contributed by atoms with van der Waals surface area (Å²) >= 11 is 0. The highest BCUT2D eigenvalue weighted by Gasteiger charge is 2.43. The third kappa shape index (κ3) is 2.83. The van der Waals surface area contributed by atoms with Crippen molar-refractivity contribution >= 4 is 5.91 Å². The molecule has 5 nitrogen and oxygen atoms in total. The van der Waals surface area contributed by atoms with Crippen molar-refractivity contribution in [1.29, 1.82) is 0 Å². The Morgan fingerprint density at radius 2 is 1.94 bits per heavy atom. The first kappa shape index (κ1) is 13.2. The van der Waals surface area contributed by atoms with Crippen LogP contribution in [0.25, 0.3) is 0 Å². The van der Waals surface area contributed by atoms with Crippen molar-refractivity contribution in [2.24, 2.45) is 5.92 Å². The molecule has 0 aromatic heterocycles. The molecular formula is C8H13F3N2O3. The average Bonchev–Trinajstić information content (AvgIpc) is 2.17. The molecule has 0 radical (unpaired) electrons. The minimum Gasteiger partial charge on any atom is -0.390 e. The van der Waals surface area contributed by atoms with E-state index in [4.69, 9.17) is 0 Å². The third-order valence-corrected chi connectivity index (χ3v) is 2.48. The summed E-state index contributed by atoms with van der Waals surface area (Å²) in [5.74, 6) is -2.44. The van der Waals surface area contributed by atoms with Gasteiger partial charge in [-0.25, -0.2) is 0 Å². The van der Waals surface area contributed by atoms with Crippen LogP contribution in [0.3, 0.4) is 0 Å². The zero-order valence-electron chi connectivity index (χ0n) is 8.45. The van der Waals surface area contributed by atoms with E-state index in [2.05, 4.69) is 5.32 Å². The lowest BCUT2D eigenvalue weighted by Crippen LogP contribution is -2.64. The monoisotopic (exact) mass is 242 g/mol. The van der Waals surface area contributed by atoms with Crippen molar-refractivity contribution in [1.82, 2.24) is 10.6 Å². The van der Waals surface area contributed by atoms with Gasteiger partial charge in [0.2, 0.25) is 0 Å². The van der Waals surface area contributed by atoms with E-state index >= 15 is 0 Å². The Bertz CT molecular complexity index is 272. The fraction of sp³-hybridized carbons (Fsp3) is 0.875. The lowest BCUT2D eigenvalue weighted by molar-refractivity contribution is -0.177. The number of carbonyl (C=O) groups excluding carboxylic acids is 1.